The van der Waals surface area contributed by atoms with Crippen molar-refractivity contribution in [1.82, 2.24) is 0 Å². The van der Waals surface area contributed by atoms with Gasteiger partial charge in [-0.1, -0.05) is 230 Å². The third-order valence-corrected chi connectivity index (χ3v) is 9.22. The lowest BCUT2D eigenvalue weighted by Crippen LogP contribution is -1.83. The zero-order valence-corrected chi connectivity index (χ0v) is 29.5. The van der Waals surface area contributed by atoms with Crippen molar-refractivity contribution in [3.8, 4) is 23.2 Å². The molecule has 0 amide bonds. The van der Waals surface area contributed by atoms with E-state index in [-0.39, 0.29) is 0 Å². The molecule has 0 aromatic rings. The van der Waals surface area contributed by atoms with Crippen LogP contribution in [0.4, 0.5) is 0 Å². The molecule has 1 heteroatoms. The fraction of sp³-hybridized carbons (Fsp3) is 0.900. The summed E-state index contributed by atoms with van der Waals surface area (Å²) >= 11 is 0. The second-order valence-corrected chi connectivity index (χ2v) is 13.6. The normalized spacial score (nSPS) is 10.8. The molecule has 0 radical (unpaired) electrons. The van der Waals surface area contributed by atoms with Crippen LogP contribution in [0.15, 0.2) is 0 Å². The Bertz CT molecular complexity index is 533. The predicted molar refractivity (Wildman–Crippen MR) is 192 cm³/mol. The molecule has 0 aromatic heterocycles. The van der Waals surface area contributed by atoms with Gasteiger partial charge in [0.05, 0.1) is 0 Å². The molecule has 0 aliphatic heterocycles. The lowest BCUT2D eigenvalue weighted by molar-refractivity contribution is 0.530. The van der Waals surface area contributed by atoms with Gasteiger partial charge in [-0.3, -0.25) is 0 Å². The molecule has 0 aliphatic carbocycles. The van der Waals surface area contributed by atoms with E-state index in [1.807, 2.05) is 0 Å². The van der Waals surface area contributed by atoms with Crippen molar-refractivity contribution >= 4 is 8.58 Å². The minimum absolute atomic E-state index is 0.531. The molecule has 0 atom stereocenters. The predicted octanol–water partition coefficient (Wildman–Crippen LogP) is 14.9. The molecule has 0 nitrogen and oxygen atoms in total. The number of rotatable bonds is 32. The number of hydrogen-bond acceptors (Lipinski definition) is 0. The second-order valence-electron chi connectivity index (χ2n) is 12.8. The van der Waals surface area contributed by atoms with Gasteiger partial charge >= 0.3 is 0 Å². The lowest BCUT2D eigenvalue weighted by Gasteiger charge is -2.03. The van der Waals surface area contributed by atoms with Gasteiger partial charge in [0, 0.05) is 21.4 Å². The Labute approximate surface area is 263 Å². The van der Waals surface area contributed by atoms with Crippen molar-refractivity contribution in [1.29, 1.82) is 0 Å². The highest BCUT2D eigenvalue weighted by atomic mass is 31.1. The van der Waals surface area contributed by atoms with Crippen LogP contribution < -0.4 is 0 Å². The minimum atomic E-state index is 0.531. The van der Waals surface area contributed by atoms with Crippen LogP contribution in [0.3, 0.4) is 0 Å². The van der Waals surface area contributed by atoms with Crippen LogP contribution in [0.1, 0.15) is 232 Å². The molecule has 0 N–H and O–H groups in total. The molecule has 0 fully saturated rings. The first kappa shape index (κ1) is 40.5. The summed E-state index contributed by atoms with van der Waals surface area (Å²) in [5.74, 6) is 6.71. The Morgan fingerprint density at radius 3 is 0.683 bits per heavy atom. The zero-order valence-electron chi connectivity index (χ0n) is 28.5. The van der Waals surface area contributed by atoms with Gasteiger partial charge in [0.2, 0.25) is 0 Å². The molecule has 0 aromatic carbocycles. The highest BCUT2D eigenvalue weighted by Gasteiger charge is 1.96. The molecule has 41 heavy (non-hydrogen) atoms. The second kappa shape index (κ2) is 39.5. The first-order chi connectivity index (χ1) is 20.4. The minimum Gasteiger partial charge on any atom is -0.0979 e. The first-order valence-electron chi connectivity index (χ1n) is 19.1. The third-order valence-electron chi connectivity index (χ3n) is 8.61. The number of hydrogen-bond donors (Lipinski definition) is 0. The molecule has 0 saturated carbocycles. The van der Waals surface area contributed by atoms with Gasteiger partial charge < -0.3 is 0 Å². The molecule has 0 spiro atoms. The van der Waals surface area contributed by atoms with E-state index in [9.17, 15) is 0 Å². The summed E-state index contributed by atoms with van der Waals surface area (Å²) in [6.07, 6.45) is 48.0. The molecule has 0 bridgehead atoms. The van der Waals surface area contributed by atoms with Gasteiger partial charge in [-0.2, -0.15) is 0 Å². The third kappa shape index (κ3) is 39.5. The van der Waals surface area contributed by atoms with Crippen molar-refractivity contribution in [2.45, 2.75) is 232 Å². The Hall–Kier alpha value is -0.450. The lowest BCUT2D eigenvalue weighted by atomic mass is 10.0. The van der Waals surface area contributed by atoms with E-state index >= 15 is 0 Å². The molecule has 0 saturated heterocycles. The fourth-order valence-electron chi connectivity index (χ4n) is 5.77. The zero-order chi connectivity index (χ0) is 29.6. The van der Waals surface area contributed by atoms with Gasteiger partial charge in [-0.25, -0.2) is 0 Å². The van der Waals surface area contributed by atoms with Gasteiger partial charge in [-0.15, -0.1) is 0 Å². The molecular formula is C40H75P. The van der Waals surface area contributed by atoms with Crippen LogP contribution in [0.25, 0.3) is 0 Å². The van der Waals surface area contributed by atoms with Crippen LogP contribution in [0, 0.1) is 23.2 Å². The van der Waals surface area contributed by atoms with E-state index in [0.29, 0.717) is 8.58 Å². The van der Waals surface area contributed by atoms with E-state index in [0.717, 1.165) is 12.8 Å². The molecule has 0 rings (SSSR count). The summed E-state index contributed by atoms with van der Waals surface area (Å²) in [5, 5.41) is 0. The van der Waals surface area contributed by atoms with Crippen LogP contribution in [-0.4, -0.2) is 0 Å². The summed E-state index contributed by atoms with van der Waals surface area (Å²) < 4.78 is 0. The van der Waals surface area contributed by atoms with Crippen molar-refractivity contribution in [3.63, 3.8) is 0 Å². The highest BCUT2D eigenvalue weighted by Crippen LogP contribution is 2.15. The average Bonchev–Trinajstić information content (AvgIpc) is 2.98. The summed E-state index contributed by atoms with van der Waals surface area (Å²) in [5.41, 5.74) is 6.60. The Kier molecular flexibility index (Phi) is 39.1. The van der Waals surface area contributed by atoms with E-state index in [4.69, 9.17) is 0 Å². The smallest absolute Gasteiger partial charge is 0.0358 e. The summed E-state index contributed by atoms with van der Waals surface area (Å²) in [6.45, 7) is 4.60. The molecule has 240 valence electrons. The topological polar surface area (TPSA) is 0 Å². The first-order valence-corrected chi connectivity index (χ1v) is 20.1. The molecule has 0 unspecified atom stereocenters. The molecular weight excluding hydrogens is 511 g/mol. The molecule has 0 aliphatic rings. The van der Waals surface area contributed by atoms with E-state index in [1.54, 1.807) is 0 Å². The Balaban J connectivity index is 3.19. The summed E-state index contributed by atoms with van der Waals surface area (Å²) in [7, 11) is 0.531. The fourth-order valence-corrected chi connectivity index (χ4v) is 6.26. The van der Waals surface area contributed by atoms with Crippen LogP contribution >= 0.6 is 8.58 Å². The van der Waals surface area contributed by atoms with Crippen molar-refractivity contribution in [2.24, 2.45) is 0 Å². The van der Waals surface area contributed by atoms with E-state index in [2.05, 4.69) is 37.0 Å². The Morgan fingerprint density at radius 2 is 0.463 bits per heavy atom. The summed E-state index contributed by atoms with van der Waals surface area (Å²) in [4.78, 5) is 0. The maximum atomic E-state index is 3.35. The monoisotopic (exact) mass is 587 g/mol. The van der Waals surface area contributed by atoms with Gasteiger partial charge in [-0.05, 0) is 12.8 Å². The largest absolute Gasteiger partial charge is 0.0979 e. The number of unbranched alkanes of at least 4 members (excludes halogenated alkanes) is 32. The van der Waals surface area contributed by atoms with Crippen LogP contribution in [0.5, 0.6) is 0 Å². The Morgan fingerprint density at radius 1 is 0.268 bits per heavy atom. The average molecular weight is 587 g/mol. The maximum absolute atomic E-state index is 3.35. The van der Waals surface area contributed by atoms with Gasteiger partial charge in [0.25, 0.3) is 0 Å². The van der Waals surface area contributed by atoms with Crippen molar-refractivity contribution in [2.75, 3.05) is 0 Å². The maximum Gasteiger partial charge on any atom is 0.0358 e. The van der Waals surface area contributed by atoms with Gasteiger partial charge in [0.1, 0.15) is 0 Å². The van der Waals surface area contributed by atoms with Gasteiger partial charge in [0.15, 0.2) is 0 Å². The van der Waals surface area contributed by atoms with E-state index in [1.165, 1.54) is 205 Å². The SMILES string of the molecule is CCCCCCCCCCCCCCCCCCC#CPC#CCCCCCCCCCCCCCCCCCC. The van der Waals surface area contributed by atoms with Crippen molar-refractivity contribution in [3.05, 3.63) is 0 Å². The van der Waals surface area contributed by atoms with E-state index < -0.39 is 0 Å². The highest BCUT2D eigenvalue weighted by molar-refractivity contribution is 7.49. The summed E-state index contributed by atoms with van der Waals surface area (Å²) in [6, 6.07) is 0. The van der Waals surface area contributed by atoms with Crippen LogP contribution in [-0.2, 0) is 0 Å². The molecule has 0 heterocycles. The quantitative estimate of drug-likeness (QED) is 0.0418. The van der Waals surface area contributed by atoms with Crippen LogP contribution in [0.2, 0.25) is 0 Å². The van der Waals surface area contributed by atoms with Crippen molar-refractivity contribution < 1.29 is 0 Å². The standard InChI is InChI=1S/C40H75P/c1-3-5-7-9-11-13-15-17-19-21-23-25-27-29-31-33-35-37-39-41-40-38-36-34-32-30-28-26-24-22-20-18-16-14-12-10-8-6-4-2/h41H,3-36H2,1-2H3.